The molecule has 0 unspecified atom stereocenters. The number of nitrogens with one attached hydrogen (secondary N) is 1. The number of amides is 1. The maximum Gasteiger partial charge on any atom is 0.238 e. The second-order valence-electron chi connectivity index (χ2n) is 5.13. The summed E-state index contributed by atoms with van der Waals surface area (Å²) in [6.07, 6.45) is 1.75. The molecule has 1 aromatic heterocycles. The quantitative estimate of drug-likeness (QED) is 0.890. The Morgan fingerprint density at radius 2 is 2.19 bits per heavy atom. The average molecular weight is 304 g/mol. The molecule has 112 valence electrons. The molecule has 0 radical (unpaired) electrons. The van der Waals surface area contributed by atoms with Gasteiger partial charge in [-0.25, -0.2) is 4.98 Å². The Bertz CT molecular complexity index is 638. The number of rotatable bonds is 5. The van der Waals surface area contributed by atoms with Gasteiger partial charge in [-0.2, -0.15) is 0 Å². The van der Waals surface area contributed by atoms with Crippen LogP contribution in [0, 0.1) is 13.8 Å². The zero-order chi connectivity index (χ0) is 15.4. The summed E-state index contributed by atoms with van der Waals surface area (Å²) >= 11 is 1.44. The lowest BCUT2D eigenvalue weighted by atomic mass is 10.1. The molecule has 5 nitrogen and oxygen atoms in total. The van der Waals surface area contributed by atoms with Crippen LogP contribution >= 0.6 is 11.3 Å². The smallest absolute Gasteiger partial charge is 0.238 e. The minimum absolute atomic E-state index is 0.0244. The Labute approximate surface area is 128 Å². The summed E-state index contributed by atoms with van der Waals surface area (Å²) in [5, 5.41) is 3.51. The predicted octanol–water partition coefficient (Wildman–Crippen LogP) is 2.41. The lowest BCUT2D eigenvalue weighted by molar-refractivity contribution is -0.117. The molecule has 0 aliphatic heterocycles. The first-order valence-corrected chi connectivity index (χ1v) is 7.52. The first kappa shape index (κ1) is 15.5. The van der Waals surface area contributed by atoms with Gasteiger partial charge in [0.05, 0.1) is 6.54 Å². The van der Waals surface area contributed by atoms with Crippen LogP contribution in [0.2, 0.25) is 0 Å². The van der Waals surface area contributed by atoms with E-state index in [1.165, 1.54) is 16.9 Å². The van der Waals surface area contributed by atoms with Gasteiger partial charge in [-0.05, 0) is 38.1 Å². The van der Waals surface area contributed by atoms with Gasteiger partial charge in [0.15, 0.2) is 5.13 Å². The van der Waals surface area contributed by atoms with Crippen molar-refractivity contribution in [2.45, 2.75) is 20.4 Å². The molecular weight excluding hydrogens is 284 g/mol. The molecule has 0 aliphatic rings. The van der Waals surface area contributed by atoms with Crippen molar-refractivity contribution in [3.05, 3.63) is 40.4 Å². The van der Waals surface area contributed by atoms with Crippen molar-refractivity contribution in [2.24, 2.45) is 0 Å². The van der Waals surface area contributed by atoms with Crippen molar-refractivity contribution in [3.63, 3.8) is 0 Å². The van der Waals surface area contributed by atoms with E-state index in [0.717, 1.165) is 16.1 Å². The molecule has 2 aromatic rings. The summed E-state index contributed by atoms with van der Waals surface area (Å²) in [4.78, 5) is 19.1. The summed E-state index contributed by atoms with van der Waals surface area (Å²) in [6.45, 7) is 5.03. The van der Waals surface area contributed by atoms with E-state index in [1.54, 1.807) is 6.20 Å². The van der Waals surface area contributed by atoms with Crippen molar-refractivity contribution in [1.82, 2.24) is 9.88 Å². The molecular formula is C15H20N4OS. The SMILES string of the molecule is Cc1cccc(NC(=O)CN(C)Cc2cnc(N)s2)c1C. The molecule has 0 spiro atoms. The van der Waals surface area contributed by atoms with Gasteiger partial charge in [0.25, 0.3) is 0 Å². The summed E-state index contributed by atoms with van der Waals surface area (Å²) in [5.41, 5.74) is 8.74. The molecule has 21 heavy (non-hydrogen) atoms. The van der Waals surface area contributed by atoms with Gasteiger partial charge >= 0.3 is 0 Å². The molecule has 6 heteroatoms. The van der Waals surface area contributed by atoms with Crippen LogP contribution in [0.5, 0.6) is 0 Å². The molecule has 1 heterocycles. The van der Waals surface area contributed by atoms with Crippen LogP contribution in [0.3, 0.4) is 0 Å². The summed E-state index contributed by atoms with van der Waals surface area (Å²) in [5.74, 6) is -0.0244. The molecule has 1 aromatic carbocycles. The Morgan fingerprint density at radius 1 is 1.43 bits per heavy atom. The van der Waals surface area contributed by atoms with Crippen molar-refractivity contribution < 1.29 is 4.79 Å². The fourth-order valence-electron chi connectivity index (χ4n) is 2.04. The van der Waals surface area contributed by atoms with E-state index in [-0.39, 0.29) is 5.91 Å². The van der Waals surface area contributed by atoms with E-state index in [4.69, 9.17) is 5.73 Å². The highest BCUT2D eigenvalue weighted by Gasteiger charge is 2.10. The Morgan fingerprint density at radius 3 is 2.86 bits per heavy atom. The molecule has 0 fully saturated rings. The van der Waals surface area contributed by atoms with E-state index in [0.29, 0.717) is 18.2 Å². The minimum Gasteiger partial charge on any atom is -0.375 e. The van der Waals surface area contributed by atoms with Crippen LogP contribution < -0.4 is 11.1 Å². The van der Waals surface area contributed by atoms with Crippen LogP contribution in [0.1, 0.15) is 16.0 Å². The van der Waals surface area contributed by atoms with Gasteiger partial charge in [-0.3, -0.25) is 9.69 Å². The number of thiazole rings is 1. The number of carbonyl (C=O) groups is 1. The lowest BCUT2D eigenvalue weighted by Crippen LogP contribution is -2.29. The van der Waals surface area contributed by atoms with Crippen molar-refractivity contribution >= 4 is 28.1 Å². The summed E-state index contributed by atoms with van der Waals surface area (Å²) < 4.78 is 0. The van der Waals surface area contributed by atoms with Crippen molar-refractivity contribution in [3.8, 4) is 0 Å². The zero-order valence-electron chi connectivity index (χ0n) is 12.5. The van der Waals surface area contributed by atoms with E-state index < -0.39 is 0 Å². The van der Waals surface area contributed by atoms with Crippen molar-refractivity contribution in [1.29, 1.82) is 0 Å². The van der Waals surface area contributed by atoms with Crippen LogP contribution in [0.4, 0.5) is 10.8 Å². The Balaban J connectivity index is 1.90. The van der Waals surface area contributed by atoms with Crippen LogP contribution in [-0.2, 0) is 11.3 Å². The number of nitrogens with zero attached hydrogens (tertiary/aromatic N) is 2. The summed E-state index contributed by atoms with van der Waals surface area (Å²) in [6, 6.07) is 5.90. The number of aromatic nitrogens is 1. The molecule has 2 rings (SSSR count). The third-order valence-electron chi connectivity index (χ3n) is 3.29. The van der Waals surface area contributed by atoms with Gasteiger partial charge in [0.1, 0.15) is 0 Å². The van der Waals surface area contributed by atoms with E-state index in [9.17, 15) is 4.79 Å². The second-order valence-corrected chi connectivity index (χ2v) is 6.28. The van der Waals surface area contributed by atoms with Crippen LogP contribution in [0.25, 0.3) is 0 Å². The lowest BCUT2D eigenvalue weighted by Gasteiger charge is -2.16. The fourth-order valence-corrected chi connectivity index (χ4v) is 2.80. The second kappa shape index (κ2) is 6.69. The van der Waals surface area contributed by atoms with E-state index >= 15 is 0 Å². The maximum atomic E-state index is 12.1. The molecule has 0 bridgehead atoms. The third-order valence-corrected chi connectivity index (χ3v) is 4.10. The fraction of sp³-hybridized carbons (Fsp3) is 0.333. The number of nitrogens with two attached hydrogens (primary N) is 1. The minimum atomic E-state index is -0.0244. The molecule has 0 atom stereocenters. The van der Waals surface area contributed by atoms with Crippen LogP contribution in [-0.4, -0.2) is 29.4 Å². The molecule has 3 N–H and O–H groups in total. The van der Waals surface area contributed by atoms with Gasteiger partial charge in [0.2, 0.25) is 5.91 Å². The van der Waals surface area contributed by atoms with Crippen molar-refractivity contribution in [2.75, 3.05) is 24.6 Å². The maximum absolute atomic E-state index is 12.1. The number of hydrogen-bond acceptors (Lipinski definition) is 5. The highest BCUT2D eigenvalue weighted by Crippen LogP contribution is 2.18. The predicted molar refractivity (Wildman–Crippen MR) is 87.4 cm³/mol. The van der Waals surface area contributed by atoms with Crippen LogP contribution in [0.15, 0.2) is 24.4 Å². The highest BCUT2D eigenvalue weighted by atomic mass is 32.1. The number of likely N-dealkylation sites (N-methyl/N-ethyl adjacent to an activating group) is 1. The first-order chi connectivity index (χ1) is 9.95. The van der Waals surface area contributed by atoms with Gasteiger partial charge in [0, 0.05) is 23.3 Å². The largest absolute Gasteiger partial charge is 0.375 e. The Kier molecular flexibility index (Phi) is 4.93. The topological polar surface area (TPSA) is 71.2 Å². The first-order valence-electron chi connectivity index (χ1n) is 6.70. The number of hydrogen-bond donors (Lipinski definition) is 2. The molecule has 1 amide bonds. The summed E-state index contributed by atoms with van der Waals surface area (Å²) in [7, 11) is 1.90. The third kappa shape index (κ3) is 4.27. The monoisotopic (exact) mass is 304 g/mol. The highest BCUT2D eigenvalue weighted by molar-refractivity contribution is 7.15. The van der Waals surface area contributed by atoms with Gasteiger partial charge in [-0.1, -0.05) is 12.1 Å². The van der Waals surface area contributed by atoms with E-state index in [1.807, 2.05) is 44.0 Å². The number of anilines is 2. The Hall–Kier alpha value is -1.92. The number of aryl methyl sites for hydroxylation is 1. The van der Waals surface area contributed by atoms with Gasteiger partial charge < -0.3 is 11.1 Å². The standard InChI is InChI=1S/C15H20N4OS/c1-10-5-4-6-13(11(10)2)18-14(20)9-19(3)8-12-7-17-15(16)21-12/h4-7H,8-9H2,1-3H3,(H2,16,17)(H,18,20). The molecule has 0 saturated carbocycles. The number of benzene rings is 1. The average Bonchev–Trinajstić information content (AvgIpc) is 2.80. The zero-order valence-corrected chi connectivity index (χ0v) is 13.3. The molecule has 0 saturated heterocycles. The normalized spacial score (nSPS) is 10.9. The van der Waals surface area contributed by atoms with E-state index in [2.05, 4.69) is 10.3 Å². The number of carbonyl (C=O) groups excluding carboxylic acids is 1. The van der Waals surface area contributed by atoms with Gasteiger partial charge in [-0.15, -0.1) is 11.3 Å². The number of nitrogen functional groups attached to an aromatic ring is 1. The molecule has 0 aliphatic carbocycles.